The van der Waals surface area contributed by atoms with Crippen molar-refractivity contribution in [3.8, 4) is 11.5 Å². The summed E-state index contributed by atoms with van der Waals surface area (Å²) in [5, 5.41) is 3.39. The molecule has 18 heavy (non-hydrogen) atoms. The van der Waals surface area contributed by atoms with E-state index in [2.05, 4.69) is 11.9 Å². The minimum absolute atomic E-state index is 0.809. The Morgan fingerprint density at radius 3 is 2.28 bits per heavy atom. The monoisotopic (exact) mass is 249 g/mol. The van der Waals surface area contributed by atoms with Gasteiger partial charge in [-0.2, -0.15) is 0 Å². The minimum atomic E-state index is 0.809. The van der Waals surface area contributed by atoms with E-state index in [9.17, 15) is 0 Å². The maximum absolute atomic E-state index is 5.23. The zero-order chi connectivity index (χ0) is 13.2. The summed E-state index contributed by atoms with van der Waals surface area (Å²) >= 11 is 0. The van der Waals surface area contributed by atoms with Crippen molar-refractivity contribution in [1.82, 2.24) is 0 Å². The number of anilines is 1. The molecule has 0 aliphatic heterocycles. The van der Waals surface area contributed by atoms with Crippen molar-refractivity contribution < 1.29 is 9.47 Å². The Hall–Kier alpha value is -1.64. The lowest BCUT2D eigenvalue weighted by Crippen LogP contribution is -2.02. The third-order valence-corrected chi connectivity index (χ3v) is 2.77. The molecule has 0 amide bonds. The summed E-state index contributed by atoms with van der Waals surface area (Å²) in [4.78, 5) is 0. The third kappa shape index (κ3) is 5.13. The lowest BCUT2D eigenvalue weighted by Gasteiger charge is -2.10. The van der Waals surface area contributed by atoms with Crippen molar-refractivity contribution in [2.24, 2.45) is 0 Å². The lowest BCUT2D eigenvalue weighted by molar-refractivity contribution is 0.394. The first kappa shape index (κ1) is 14.4. The van der Waals surface area contributed by atoms with E-state index in [1.165, 1.54) is 12.8 Å². The number of rotatable bonds is 9. The number of methoxy groups -OCH3 is 2. The van der Waals surface area contributed by atoms with Crippen LogP contribution in [0.15, 0.2) is 30.9 Å². The van der Waals surface area contributed by atoms with Crippen molar-refractivity contribution in [3.63, 3.8) is 0 Å². The van der Waals surface area contributed by atoms with Gasteiger partial charge < -0.3 is 14.8 Å². The third-order valence-electron chi connectivity index (χ3n) is 2.77. The summed E-state index contributed by atoms with van der Waals surface area (Å²) in [6, 6.07) is 5.83. The van der Waals surface area contributed by atoms with Crippen LogP contribution >= 0.6 is 0 Å². The Kier molecular flexibility index (Phi) is 6.77. The number of ether oxygens (including phenoxy) is 2. The van der Waals surface area contributed by atoms with Gasteiger partial charge in [0.05, 0.1) is 14.2 Å². The smallest absolute Gasteiger partial charge is 0.124 e. The predicted octanol–water partition coefficient (Wildman–Crippen LogP) is 3.86. The van der Waals surface area contributed by atoms with Crippen LogP contribution in [0.25, 0.3) is 0 Å². The van der Waals surface area contributed by atoms with Gasteiger partial charge in [-0.25, -0.2) is 0 Å². The molecule has 1 N–H and O–H groups in total. The molecule has 0 aliphatic carbocycles. The fraction of sp³-hybridized carbons (Fsp3) is 0.467. The number of allylic oxidation sites excluding steroid dienone is 1. The topological polar surface area (TPSA) is 30.5 Å². The highest BCUT2D eigenvalue weighted by Gasteiger charge is 2.01. The molecular formula is C15H23NO2. The Balaban J connectivity index is 2.38. The Bertz CT molecular complexity index is 341. The second kappa shape index (κ2) is 8.45. The van der Waals surface area contributed by atoms with Crippen LogP contribution in [0, 0.1) is 0 Å². The van der Waals surface area contributed by atoms with Gasteiger partial charge in [-0.15, -0.1) is 6.58 Å². The fourth-order valence-electron chi connectivity index (χ4n) is 1.73. The lowest BCUT2D eigenvalue weighted by atomic mass is 10.2. The second-order valence-electron chi connectivity index (χ2n) is 4.17. The molecule has 0 unspecified atom stereocenters. The maximum Gasteiger partial charge on any atom is 0.124 e. The molecule has 0 radical (unpaired) electrons. The van der Waals surface area contributed by atoms with Crippen LogP contribution < -0.4 is 14.8 Å². The van der Waals surface area contributed by atoms with Gasteiger partial charge in [0.2, 0.25) is 0 Å². The first-order valence-electron chi connectivity index (χ1n) is 6.38. The van der Waals surface area contributed by atoms with Crippen LogP contribution in [0.2, 0.25) is 0 Å². The molecule has 0 bridgehead atoms. The van der Waals surface area contributed by atoms with E-state index in [4.69, 9.17) is 9.47 Å². The summed E-state index contributed by atoms with van der Waals surface area (Å²) in [6.45, 7) is 4.69. The summed E-state index contributed by atoms with van der Waals surface area (Å²) in [7, 11) is 3.32. The van der Waals surface area contributed by atoms with Crippen LogP contribution in [-0.4, -0.2) is 20.8 Å². The Morgan fingerprint density at radius 2 is 1.72 bits per heavy atom. The normalized spacial score (nSPS) is 9.89. The van der Waals surface area contributed by atoms with Crippen molar-refractivity contribution in [3.05, 3.63) is 30.9 Å². The average Bonchev–Trinajstić information content (AvgIpc) is 2.42. The van der Waals surface area contributed by atoms with Gasteiger partial charge in [-0.1, -0.05) is 12.5 Å². The van der Waals surface area contributed by atoms with E-state index in [-0.39, 0.29) is 0 Å². The van der Waals surface area contributed by atoms with Crippen molar-refractivity contribution in [1.29, 1.82) is 0 Å². The molecule has 0 aromatic heterocycles. The predicted molar refractivity (Wildman–Crippen MR) is 76.7 cm³/mol. The van der Waals surface area contributed by atoms with Gasteiger partial charge in [0, 0.05) is 30.4 Å². The maximum atomic E-state index is 5.23. The molecule has 0 saturated carbocycles. The number of benzene rings is 1. The van der Waals surface area contributed by atoms with Crippen molar-refractivity contribution in [2.45, 2.75) is 25.7 Å². The van der Waals surface area contributed by atoms with Crippen molar-refractivity contribution in [2.75, 3.05) is 26.1 Å². The number of hydrogen-bond acceptors (Lipinski definition) is 3. The van der Waals surface area contributed by atoms with Gasteiger partial charge in [0.25, 0.3) is 0 Å². The first-order valence-corrected chi connectivity index (χ1v) is 6.38. The van der Waals surface area contributed by atoms with Crippen LogP contribution in [0.4, 0.5) is 5.69 Å². The molecule has 100 valence electrons. The van der Waals surface area contributed by atoms with Crippen molar-refractivity contribution >= 4 is 5.69 Å². The van der Waals surface area contributed by atoms with E-state index in [1.54, 1.807) is 14.2 Å². The molecule has 0 saturated heterocycles. The average molecular weight is 249 g/mol. The largest absolute Gasteiger partial charge is 0.497 e. The van der Waals surface area contributed by atoms with Gasteiger partial charge >= 0.3 is 0 Å². The summed E-state index contributed by atoms with van der Waals surface area (Å²) in [5.41, 5.74) is 1.04. The van der Waals surface area contributed by atoms with Crippen LogP contribution in [0.3, 0.4) is 0 Å². The second-order valence-corrected chi connectivity index (χ2v) is 4.17. The van der Waals surface area contributed by atoms with E-state index >= 15 is 0 Å². The molecule has 1 aromatic carbocycles. The molecule has 0 aliphatic rings. The Labute approximate surface area is 110 Å². The highest BCUT2D eigenvalue weighted by molar-refractivity contribution is 5.53. The molecule has 0 atom stereocenters. The molecule has 0 spiro atoms. The fourth-order valence-corrected chi connectivity index (χ4v) is 1.73. The quantitative estimate of drug-likeness (QED) is 0.532. The minimum Gasteiger partial charge on any atom is -0.497 e. The summed E-state index contributed by atoms with van der Waals surface area (Å²) in [5.74, 6) is 1.62. The molecule has 1 rings (SSSR count). The first-order chi connectivity index (χ1) is 8.80. The van der Waals surface area contributed by atoms with E-state index in [0.29, 0.717) is 0 Å². The Morgan fingerprint density at radius 1 is 1.06 bits per heavy atom. The molecule has 0 heterocycles. The zero-order valence-corrected chi connectivity index (χ0v) is 11.4. The van der Waals surface area contributed by atoms with Gasteiger partial charge in [-0.3, -0.25) is 0 Å². The molecular weight excluding hydrogens is 226 g/mol. The summed E-state index contributed by atoms with van der Waals surface area (Å²) < 4.78 is 10.5. The molecule has 3 nitrogen and oxygen atoms in total. The van der Waals surface area contributed by atoms with Crippen LogP contribution in [0.1, 0.15) is 25.7 Å². The van der Waals surface area contributed by atoms with Gasteiger partial charge in [0.1, 0.15) is 11.5 Å². The van der Waals surface area contributed by atoms with E-state index in [1.807, 2.05) is 24.3 Å². The van der Waals surface area contributed by atoms with E-state index < -0.39 is 0 Å². The number of nitrogens with one attached hydrogen (secondary N) is 1. The number of hydrogen-bond donors (Lipinski definition) is 1. The van der Waals surface area contributed by atoms with Crippen LogP contribution in [0.5, 0.6) is 11.5 Å². The molecule has 3 heteroatoms. The van der Waals surface area contributed by atoms with E-state index in [0.717, 1.165) is 36.6 Å². The van der Waals surface area contributed by atoms with Crippen LogP contribution in [-0.2, 0) is 0 Å². The SMILES string of the molecule is C=CCCCCCNc1cc(OC)cc(OC)c1. The van der Waals surface area contributed by atoms with Gasteiger partial charge in [-0.05, 0) is 19.3 Å². The molecule has 1 aromatic rings. The highest BCUT2D eigenvalue weighted by Crippen LogP contribution is 2.25. The standard InChI is InChI=1S/C15H23NO2/c1-4-5-6-7-8-9-16-13-10-14(17-2)12-15(11-13)18-3/h4,10-12,16H,1,5-9H2,2-3H3. The zero-order valence-electron chi connectivity index (χ0n) is 11.4. The molecule has 0 fully saturated rings. The highest BCUT2D eigenvalue weighted by atomic mass is 16.5. The number of unbranched alkanes of at least 4 members (excludes halogenated alkanes) is 3. The summed E-state index contributed by atoms with van der Waals surface area (Å²) in [6.07, 6.45) is 6.67. The van der Waals surface area contributed by atoms with Gasteiger partial charge in [0.15, 0.2) is 0 Å².